The van der Waals surface area contributed by atoms with Crippen LogP contribution in [0.1, 0.15) is 31.9 Å². The zero-order valence-corrected chi connectivity index (χ0v) is 17.8. The molecule has 0 heterocycles. The lowest BCUT2D eigenvalue weighted by molar-refractivity contribution is -0.118. The Hall–Kier alpha value is -3.02. The Morgan fingerprint density at radius 2 is 1.79 bits per heavy atom. The molecule has 0 aliphatic rings. The maximum absolute atomic E-state index is 11.8. The number of rotatable bonds is 9. The first kappa shape index (κ1) is 22.3. The molecule has 0 saturated heterocycles. The Bertz CT molecular complexity index is 801. The van der Waals surface area contributed by atoms with Crippen molar-refractivity contribution in [3.8, 4) is 5.75 Å². The van der Waals surface area contributed by atoms with Crippen molar-refractivity contribution in [3.63, 3.8) is 0 Å². The SMILES string of the molecule is CCNC(=NCc1ccc(NC(=O)C(C)C)cc1)NCCc1ccccc1OC. The summed E-state index contributed by atoms with van der Waals surface area (Å²) in [5.41, 5.74) is 3.05. The molecule has 0 unspecified atom stereocenters. The monoisotopic (exact) mass is 396 g/mol. The van der Waals surface area contributed by atoms with Gasteiger partial charge >= 0.3 is 0 Å². The van der Waals surface area contributed by atoms with Crippen molar-refractivity contribution in [1.29, 1.82) is 0 Å². The number of guanidine groups is 1. The van der Waals surface area contributed by atoms with Gasteiger partial charge in [0.1, 0.15) is 5.75 Å². The first-order valence-corrected chi connectivity index (χ1v) is 10.1. The highest BCUT2D eigenvalue weighted by molar-refractivity contribution is 5.92. The van der Waals surface area contributed by atoms with Gasteiger partial charge in [-0.3, -0.25) is 4.79 Å². The molecule has 0 atom stereocenters. The Morgan fingerprint density at radius 3 is 2.45 bits per heavy atom. The van der Waals surface area contributed by atoms with Gasteiger partial charge in [-0.1, -0.05) is 44.2 Å². The molecule has 6 nitrogen and oxygen atoms in total. The summed E-state index contributed by atoms with van der Waals surface area (Å²) in [4.78, 5) is 16.4. The molecule has 2 aromatic rings. The molecule has 0 aliphatic carbocycles. The Morgan fingerprint density at radius 1 is 1.07 bits per heavy atom. The number of nitrogens with zero attached hydrogens (tertiary/aromatic N) is 1. The number of aliphatic imine (C=N–C) groups is 1. The van der Waals surface area contributed by atoms with Crippen LogP contribution in [-0.4, -0.2) is 32.1 Å². The van der Waals surface area contributed by atoms with E-state index in [1.54, 1.807) is 7.11 Å². The first-order chi connectivity index (χ1) is 14.0. The molecule has 0 aliphatic heterocycles. The summed E-state index contributed by atoms with van der Waals surface area (Å²) < 4.78 is 5.40. The number of nitrogens with one attached hydrogen (secondary N) is 3. The molecule has 2 rings (SSSR count). The Labute approximate surface area is 173 Å². The fourth-order valence-corrected chi connectivity index (χ4v) is 2.72. The molecular weight excluding hydrogens is 364 g/mol. The van der Waals surface area contributed by atoms with Crippen LogP contribution in [0.15, 0.2) is 53.5 Å². The van der Waals surface area contributed by atoms with E-state index in [0.29, 0.717) is 6.54 Å². The van der Waals surface area contributed by atoms with Crippen LogP contribution >= 0.6 is 0 Å². The topological polar surface area (TPSA) is 74.8 Å². The zero-order chi connectivity index (χ0) is 21.1. The second-order valence-corrected chi connectivity index (χ2v) is 7.02. The van der Waals surface area contributed by atoms with Gasteiger partial charge in [0.15, 0.2) is 5.96 Å². The lowest BCUT2D eigenvalue weighted by Crippen LogP contribution is -2.38. The van der Waals surface area contributed by atoms with Crippen molar-refractivity contribution < 1.29 is 9.53 Å². The summed E-state index contributed by atoms with van der Waals surface area (Å²) in [5, 5.41) is 9.53. The van der Waals surface area contributed by atoms with E-state index in [2.05, 4.69) is 27.0 Å². The van der Waals surface area contributed by atoms with E-state index in [-0.39, 0.29) is 11.8 Å². The van der Waals surface area contributed by atoms with Crippen LogP contribution in [0.3, 0.4) is 0 Å². The first-order valence-electron chi connectivity index (χ1n) is 10.1. The van der Waals surface area contributed by atoms with E-state index >= 15 is 0 Å². The summed E-state index contributed by atoms with van der Waals surface area (Å²) in [6.07, 6.45) is 0.846. The smallest absolute Gasteiger partial charge is 0.226 e. The third kappa shape index (κ3) is 7.49. The quantitative estimate of drug-likeness (QED) is 0.447. The molecule has 29 heavy (non-hydrogen) atoms. The number of anilines is 1. The molecule has 0 aromatic heterocycles. The average Bonchev–Trinajstić information content (AvgIpc) is 2.73. The van der Waals surface area contributed by atoms with Crippen molar-refractivity contribution in [2.45, 2.75) is 33.7 Å². The average molecular weight is 397 g/mol. The van der Waals surface area contributed by atoms with Crippen LogP contribution in [-0.2, 0) is 17.8 Å². The highest BCUT2D eigenvalue weighted by Crippen LogP contribution is 2.17. The minimum absolute atomic E-state index is 0.0180. The summed E-state index contributed by atoms with van der Waals surface area (Å²) in [6.45, 7) is 7.90. The largest absolute Gasteiger partial charge is 0.496 e. The molecule has 3 N–H and O–H groups in total. The number of benzene rings is 2. The van der Waals surface area contributed by atoms with Crippen LogP contribution in [0.25, 0.3) is 0 Å². The Kier molecular flexibility index (Phi) is 9.02. The highest BCUT2D eigenvalue weighted by Gasteiger charge is 2.07. The lowest BCUT2D eigenvalue weighted by Gasteiger charge is -2.13. The van der Waals surface area contributed by atoms with Crippen LogP contribution in [0.5, 0.6) is 5.75 Å². The van der Waals surface area contributed by atoms with Crippen LogP contribution < -0.4 is 20.7 Å². The minimum Gasteiger partial charge on any atom is -0.496 e. The lowest BCUT2D eigenvalue weighted by atomic mass is 10.1. The summed E-state index contributed by atoms with van der Waals surface area (Å²) in [7, 11) is 1.69. The molecule has 1 amide bonds. The van der Waals surface area contributed by atoms with E-state index in [4.69, 9.17) is 4.74 Å². The highest BCUT2D eigenvalue weighted by atomic mass is 16.5. The molecule has 6 heteroatoms. The number of ether oxygens (including phenoxy) is 1. The number of para-hydroxylation sites is 1. The predicted molar refractivity (Wildman–Crippen MR) is 119 cm³/mol. The van der Waals surface area contributed by atoms with E-state index < -0.39 is 0 Å². The second-order valence-electron chi connectivity index (χ2n) is 7.02. The molecular formula is C23H32N4O2. The summed E-state index contributed by atoms with van der Waals surface area (Å²) >= 11 is 0. The number of hydrogen-bond acceptors (Lipinski definition) is 3. The zero-order valence-electron chi connectivity index (χ0n) is 17.8. The van der Waals surface area contributed by atoms with E-state index in [1.807, 2.05) is 63.2 Å². The predicted octanol–water partition coefficient (Wildman–Crippen LogP) is 3.59. The summed E-state index contributed by atoms with van der Waals surface area (Å²) in [5.74, 6) is 1.66. The molecule has 156 valence electrons. The number of amides is 1. The van der Waals surface area contributed by atoms with Crippen molar-refractivity contribution in [2.24, 2.45) is 10.9 Å². The Balaban J connectivity index is 1.90. The fraction of sp³-hybridized carbons (Fsp3) is 0.391. The molecule has 2 aromatic carbocycles. The van der Waals surface area contributed by atoms with Gasteiger partial charge < -0.3 is 20.7 Å². The number of hydrogen-bond donors (Lipinski definition) is 3. The normalized spacial score (nSPS) is 11.3. The van der Waals surface area contributed by atoms with Gasteiger partial charge in [-0.2, -0.15) is 0 Å². The third-order valence-electron chi connectivity index (χ3n) is 4.39. The van der Waals surface area contributed by atoms with Crippen LogP contribution in [0.4, 0.5) is 5.69 Å². The van der Waals surface area contributed by atoms with Crippen molar-refractivity contribution in [3.05, 3.63) is 59.7 Å². The van der Waals surface area contributed by atoms with Gasteiger partial charge in [-0.25, -0.2) is 4.99 Å². The fourth-order valence-electron chi connectivity index (χ4n) is 2.72. The van der Waals surface area contributed by atoms with Gasteiger partial charge in [0.05, 0.1) is 13.7 Å². The second kappa shape index (κ2) is 11.7. The van der Waals surface area contributed by atoms with Gasteiger partial charge in [-0.15, -0.1) is 0 Å². The van der Waals surface area contributed by atoms with Gasteiger partial charge in [0, 0.05) is 24.7 Å². The molecule has 0 bridgehead atoms. The number of carbonyl (C=O) groups is 1. The number of carbonyl (C=O) groups excluding carboxylic acids is 1. The van der Waals surface area contributed by atoms with Gasteiger partial charge in [0.25, 0.3) is 0 Å². The number of methoxy groups -OCH3 is 1. The maximum Gasteiger partial charge on any atom is 0.226 e. The molecule has 0 fully saturated rings. The maximum atomic E-state index is 11.8. The third-order valence-corrected chi connectivity index (χ3v) is 4.39. The van der Waals surface area contributed by atoms with Gasteiger partial charge in [0.2, 0.25) is 5.91 Å². The van der Waals surface area contributed by atoms with E-state index in [0.717, 1.165) is 48.0 Å². The van der Waals surface area contributed by atoms with Crippen LogP contribution in [0, 0.1) is 5.92 Å². The minimum atomic E-state index is -0.0381. The van der Waals surface area contributed by atoms with Crippen molar-refractivity contribution >= 4 is 17.6 Å². The van der Waals surface area contributed by atoms with E-state index in [1.165, 1.54) is 0 Å². The van der Waals surface area contributed by atoms with E-state index in [9.17, 15) is 4.79 Å². The van der Waals surface area contributed by atoms with Crippen molar-refractivity contribution in [1.82, 2.24) is 10.6 Å². The molecule has 0 radical (unpaired) electrons. The van der Waals surface area contributed by atoms with Gasteiger partial charge in [-0.05, 0) is 42.7 Å². The summed E-state index contributed by atoms with van der Waals surface area (Å²) in [6, 6.07) is 15.8. The standard InChI is InChI=1S/C23H32N4O2/c1-5-24-23(25-15-14-19-8-6-7-9-21(19)29-4)26-16-18-10-12-20(13-11-18)27-22(28)17(2)3/h6-13,17H,5,14-16H2,1-4H3,(H,27,28)(H2,24,25,26). The molecule has 0 spiro atoms. The molecule has 0 saturated carbocycles. The van der Waals surface area contributed by atoms with Crippen LogP contribution in [0.2, 0.25) is 0 Å². The van der Waals surface area contributed by atoms with Crippen molar-refractivity contribution in [2.75, 3.05) is 25.5 Å².